The first-order valence-corrected chi connectivity index (χ1v) is 7.93. The van der Waals surface area contributed by atoms with Gasteiger partial charge in [0.05, 0.1) is 11.4 Å². The molecular weight excluding hydrogens is 304 g/mol. The molecule has 6 heteroatoms. The first-order valence-electron chi connectivity index (χ1n) is 7.93. The van der Waals surface area contributed by atoms with E-state index in [2.05, 4.69) is 15.4 Å². The fourth-order valence-electron chi connectivity index (χ4n) is 2.59. The monoisotopic (exact) mass is 324 g/mol. The van der Waals surface area contributed by atoms with Crippen LogP contribution in [0.15, 0.2) is 41.0 Å². The molecule has 0 radical (unpaired) electrons. The zero-order valence-corrected chi connectivity index (χ0v) is 14.0. The summed E-state index contributed by atoms with van der Waals surface area (Å²) in [4.78, 5) is 16.3. The molecular formula is C18H20N4O2. The van der Waals surface area contributed by atoms with Gasteiger partial charge in [0.1, 0.15) is 6.26 Å². The summed E-state index contributed by atoms with van der Waals surface area (Å²) in [5.74, 6) is 0.314. The van der Waals surface area contributed by atoms with Crippen molar-refractivity contribution in [2.45, 2.75) is 33.7 Å². The second-order valence-corrected chi connectivity index (χ2v) is 5.56. The summed E-state index contributed by atoms with van der Waals surface area (Å²) in [5, 5.41) is 7.46. The van der Waals surface area contributed by atoms with Crippen LogP contribution in [0.3, 0.4) is 0 Å². The molecule has 124 valence electrons. The number of nitrogens with one attached hydrogen (secondary N) is 1. The number of hydrogen-bond donors (Lipinski definition) is 1. The van der Waals surface area contributed by atoms with Crippen LogP contribution in [0.1, 0.15) is 40.3 Å². The minimum absolute atomic E-state index is 0.246. The van der Waals surface area contributed by atoms with Crippen molar-refractivity contribution in [2.24, 2.45) is 0 Å². The van der Waals surface area contributed by atoms with Gasteiger partial charge in [-0.1, -0.05) is 25.1 Å². The predicted octanol–water partition coefficient (Wildman–Crippen LogP) is 2.97. The maximum Gasteiger partial charge on any atom is 0.273 e. The molecule has 6 nitrogen and oxygen atoms in total. The van der Waals surface area contributed by atoms with Crippen LogP contribution in [0.4, 0.5) is 0 Å². The molecule has 3 aromatic rings. The van der Waals surface area contributed by atoms with Crippen molar-refractivity contribution in [3.8, 4) is 5.69 Å². The third kappa shape index (κ3) is 3.08. The number of carbonyl (C=O) groups excluding carboxylic acids is 1. The van der Waals surface area contributed by atoms with E-state index in [-0.39, 0.29) is 5.91 Å². The Bertz CT molecular complexity index is 849. The molecule has 0 fully saturated rings. The average molecular weight is 324 g/mol. The number of para-hydroxylation sites is 1. The molecule has 2 aromatic heterocycles. The number of benzene rings is 1. The van der Waals surface area contributed by atoms with Crippen molar-refractivity contribution in [3.63, 3.8) is 0 Å². The Kier molecular flexibility index (Phi) is 4.46. The molecule has 0 bridgehead atoms. The summed E-state index contributed by atoms with van der Waals surface area (Å²) >= 11 is 0. The molecule has 0 unspecified atom stereocenters. The highest BCUT2D eigenvalue weighted by Gasteiger charge is 2.16. The standard InChI is InChI=1S/C18H20N4O2/c1-4-17-20-16(11-24-17)18(23)19-10-15-12(2)21-22(13(15)3)14-8-6-5-7-9-14/h5-9,11H,4,10H2,1-3H3,(H,19,23). The van der Waals surface area contributed by atoms with Crippen molar-refractivity contribution in [1.29, 1.82) is 0 Å². The van der Waals surface area contributed by atoms with E-state index in [0.29, 0.717) is 24.6 Å². The van der Waals surface area contributed by atoms with Crippen LogP contribution in [-0.4, -0.2) is 20.7 Å². The summed E-state index contributed by atoms with van der Waals surface area (Å²) in [7, 11) is 0. The number of aromatic nitrogens is 3. The Morgan fingerprint density at radius 3 is 2.67 bits per heavy atom. The van der Waals surface area contributed by atoms with Crippen LogP contribution in [-0.2, 0) is 13.0 Å². The molecule has 0 atom stereocenters. The molecule has 1 N–H and O–H groups in total. The number of hydrogen-bond acceptors (Lipinski definition) is 4. The fraction of sp³-hybridized carbons (Fsp3) is 0.278. The van der Waals surface area contributed by atoms with Crippen LogP contribution in [0.2, 0.25) is 0 Å². The minimum atomic E-state index is -0.246. The van der Waals surface area contributed by atoms with Crippen LogP contribution in [0.25, 0.3) is 5.69 Å². The van der Waals surface area contributed by atoms with Gasteiger partial charge in [0.15, 0.2) is 11.6 Å². The van der Waals surface area contributed by atoms with E-state index in [1.807, 2.05) is 55.8 Å². The summed E-state index contributed by atoms with van der Waals surface area (Å²) in [6.45, 7) is 6.27. The lowest BCUT2D eigenvalue weighted by Gasteiger charge is -2.06. The van der Waals surface area contributed by atoms with Crippen LogP contribution >= 0.6 is 0 Å². The smallest absolute Gasteiger partial charge is 0.273 e. The maximum atomic E-state index is 12.2. The third-order valence-electron chi connectivity index (χ3n) is 3.95. The predicted molar refractivity (Wildman–Crippen MR) is 90.1 cm³/mol. The summed E-state index contributed by atoms with van der Waals surface area (Å²) in [6, 6.07) is 9.93. The molecule has 1 aromatic carbocycles. The third-order valence-corrected chi connectivity index (χ3v) is 3.95. The second-order valence-electron chi connectivity index (χ2n) is 5.56. The van der Waals surface area contributed by atoms with Gasteiger partial charge in [-0.15, -0.1) is 0 Å². The highest BCUT2D eigenvalue weighted by atomic mass is 16.3. The van der Waals surface area contributed by atoms with Crippen molar-refractivity contribution in [2.75, 3.05) is 0 Å². The van der Waals surface area contributed by atoms with Gasteiger partial charge >= 0.3 is 0 Å². The van der Waals surface area contributed by atoms with Gasteiger partial charge in [-0.3, -0.25) is 4.79 Å². The quantitative estimate of drug-likeness (QED) is 0.783. The average Bonchev–Trinajstić information content (AvgIpc) is 3.19. The maximum absolute atomic E-state index is 12.2. The Morgan fingerprint density at radius 1 is 1.25 bits per heavy atom. The largest absolute Gasteiger partial charge is 0.448 e. The lowest BCUT2D eigenvalue weighted by molar-refractivity contribution is 0.0946. The van der Waals surface area contributed by atoms with Gasteiger partial charge in [-0.2, -0.15) is 5.10 Å². The van der Waals surface area contributed by atoms with E-state index in [9.17, 15) is 4.79 Å². The topological polar surface area (TPSA) is 73.0 Å². The van der Waals surface area contributed by atoms with E-state index in [0.717, 1.165) is 22.6 Å². The molecule has 0 aliphatic heterocycles. The molecule has 0 saturated carbocycles. The van der Waals surface area contributed by atoms with Crippen LogP contribution in [0, 0.1) is 13.8 Å². The van der Waals surface area contributed by atoms with Gasteiger partial charge in [0, 0.05) is 24.2 Å². The van der Waals surface area contributed by atoms with Gasteiger partial charge in [-0.05, 0) is 26.0 Å². The zero-order valence-electron chi connectivity index (χ0n) is 14.0. The Morgan fingerprint density at radius 2 is 2.00 bits per heavy atom. The molecule has 2 heterocycles. The second kappa shape index (κ2) is 6.70. The van der Waals surface area contributed by atoms with Crippen molar-refractivity contribution in [3.05, 3.63) is 65.1 Å². The Balaban J connectivity index is 1.76. The molecule has 24 heavy (non-hydrogen) atoms. The number of rotatable bonds is 5. The first-order chi connectivity index (χ1) is 11.6. The van der Waals surface area contributed by atoms with E-state index >= 15 is 0 Å². The highest BCUT2D eigenvalue weighted by Crippen LogP contribution is 2.17. The molecule has 0 spiro atoms. The SMILES string of the molecule is CCc1nc(C(=O)NCc2c(C)nn(-c3ccccc3)c2C)co1. The number of oxazole rings is 1. The lowest BCUT2D eigenvalue weighted by Crippen LogP contribution is -2.23. The van der Waals surface area contributed by atoms with Gasteiger partial charge < -0.3 is 9.73 Å². The van der Waals surface area contributed by atoms with E-state index in [1.54, 1.807) is 0 Å². The number of carbonyl (C=O) groups is 1. The van der Waals surface area contributed by atoms with Crippen molar-refractivity contribution >= 4 is 5.91 Å². The molecule has 0 saturated heterocycles. The Hall–Kier alpha value is -2.89. The first kappa shape index (κ1) is 16.0. The van der Waals surface area contributed by atoms with Gasteiger partial charge in [0.25, 0.3) is 5.91 Å². The van der Waals surface area contributed by atoms with Gasteiger partial charge in [-0.25, -0.2) is 9.67 Å². The van der Waals surface area contributed by atoms with E-state index < -0.39 is 0 Å². The van der Waals surface area contributed by atoms with Crippen LogP contribution < -0.4 is 5.32 Å². The van der Waals surface area contributed by atoms with Crippen LogP contribution in [0.5, 0.6) is 0 Å². The molecule has 1 amide bonds. The normalized spacial score (nSPS) is 10.8. The van der Waals surface area contributed by atoms with E-state index in [4.69, 9.17) is 4.42 Å². The van der Waals surface area contributed by atoms with Gasteiger partial charge in [0.2, 0.25) is 0 Å². The number of aryl methyl sites for hydroxylation is 2. The van der Waals surface area contributed by atoms with Crippen molar-refractivity contribution in [1.82, 2.24) is 20.1 Å². The summed E-state index contributed by atoms with van der Waals surface area (Å²) in [5.41, 5.74) is 4.21. The Labute approximate surface area is 140 Å². The molecule has 0 aliphatic carbocycles. The number of amides is 1. The minimum Gasteiger partial charge on any atom is -0.448 e. The van der Waals surface area contributed by atoms with E-state index in [1.165, 1.54) is 6.26 Å². The number of nitrogens with zero attached hydrogens (tertiary/aromatic N) is 3. The summed E-state index contributed by atoms with van der Waals surface area (Å²) < 4.78 is 7.10. The highest BCUT2D eigenvalue weighted by molar-refractivity contribution is 5.91. The molecule has 0 aliphatic rings. The zero-order chi connectivity index (χ0) is 17.1. The lowest BCUT2D eigenvalue weighted by atomic mass is 10.2. The fourth-order valence-corrected chi connectivity index (χ4v) is 2.59. The van der Waals surface area contributed by atoms with Crippen molar-refractivity contribution < 1.29 is 9.21 Å². The summed E-state index contributed by atoms with van der Waals surface area (Å²) in [6.07, 6.45) is 2.05. The molecule has 3 rings (SSSR count).